The largest absolute Gasteiger partial charge is 0.232 e. The van der Waals surface area contributed by atoms with E-state index in [-0.39, 0.29) is 0 Å². The Labute approximate surface area is 176 Å². The molecule has 1 heterocycles. The van der Waals surface area contributed by atoms with Gasteiger partial charge in [0.2, 0.25) is 0 Å². The molecule has 132 valence electrons. The molecule has 2 nitrogen and oxygen atoms in total. The number of hydrogen-bond acceptors (Lipinski definition) is 1. The topological polar surface area (TPSA) is 17.8 Å². The number of fused-ring (bicyclic) bond motifs is 3. The molecule has 0 radical (unpaired) electrons. The zero-order valence-electron chi connectivity index (χ0n) is 14.5. The summed E-state index contributed by atoms with van der Waals surface area (Å²) in [5.74, 6) is 0. The van der Waals surface area contributed by atoms with Crippen molar-refractivity contribution in [2.45, 2.75) is 12.8 Å². The van der Waals surface area contributed by atoms with Crippen LogP contribution < -0.4 is 0 Å². The molecule has 0 atom stereocenters. The van der Waals surface area contributed by atoms with Gasteiger partial charge in [-0.2, -0.15) is 5.10 Å². The Morgan fingerprint density at radius 3 is 2.37 bits per heavy atom. The number of aromatic nitrogens is 2. The Morgan fingerprint density at radius 1 is 0.852 bits per heavy atom. The Bertz CT molecular complexity index is 1130. The molecule has 0 unspecified atom stereocenters. The van der Waals surface area contributed by atoms with Gasteiger partial charge in [-0.25, -0.2) is 4.68 Å². The second-order valence-electron chi connectivity index (χ2n) is 6.73. The molecule has 1 aromatic heterocycles. The smallest absolute Gasteiger partial charge is 0.0969 e. The lowest BCUT2D eigenvalue weighted by Crippen LogP contribution is -2.03. The summed E-state index contributed by atoms with van der Waals surface area (Å²) < 4.78 is 3.30. The predicted octanol–water partition coefficient (Wildman–Crippen LogP) is 6.56. The summed E-state index contributed by atoms with van der Waals surface area (Å²) in [6.45, 7) is 0. The van der Waals surface area contributed by atoms with Crippen molar-refractivity contribution in [1.82, 2.24) is 9.78 Å². The number of nitrogens with zero attached hydrogens (tertiary/aromatic N) is 2. The predicted molar refractivity (Wildman–Crippen MR) is 120 cm³/mol. The maximum atomic E-state index is 6.13. The van der Waals surface area contributed by atoms with E-state index in [4.69, 9.17) is 16.7 Å². The summed E-state index contributed by atoms with van der Waals surface area (Å²) in [5.41, 5.74) is 8.42. The van der Waals surface area contributed by atoms with Crippen molar-refractivity contribution >= 4 is 34.2 Å². The molecule has 27 heavy (non-hydrogen) atoms. The van der Waals surface area contributed by atoms with Gasteiger partial charge in [0, 0.05) is 25.3 Å². The van der Waals surface area contributed by atoms with E-state index in [1.807, 2.05) is 12.1 Å². The highest BCUT2D eigenvalue weighted by molar-refractivity contribution is 14.1. The van der Waals surface area contributed by atoms with Crippen molar-refractivity contribution in [2.24, 2.45) is 0 Å². The molecule has 4 aromatic rings. The summed E-state index contributed by atoms with van der Waals surface area (Å²) in [5, 5.41) is 5.82. The number of halogens is 2. The van der Waals surface area contributed by atoms with Gasteiger partial charge in [0.25, 0.3) is 0 Å². The van der Waals surface area contributed by atoms with E-state index in [9.17, 15) is 0 Å². The van der Waals surface area contributed by atoms with Gasteiger partial charge in [-0.15, -0.1) is 0 Å². The minimum Gasteiger partial charge on any atom is -0.232 e. The van der Waals surface area contributed by atoms with Crippen LogP contribution in [0.2, 0.25) is 5.02 Å². The molecule has 1 aliphatic carbocycles. The minimum atomic E-state index is 0.748. The number of rotatable bonds is 2. The zero-order valence-corrected chi connectivity index (χ0v) is 17.4. The third-order valence-corrected chi connectivity index (χ3v) is 6.06. The highest BCUT2D eigenvalue weighted by Crippen LogP contribution is 2.39. The average molecular weight is 483 g/mol. The normalized spacial score (nSPS) is 12.5. The first-order chi connectivity index (χ1) is 13.2. The lowest BCUT2D eigenvalue weighted by molar-refractivity contribution is 0.891. The summed E-state index contributed by atoms with van der Waals surface area (Å²) in [4.78, 5) is 0. The van der Waals surface area contributed by atoms with Crippen LogP contribution in [0.1, 0.15) is 11.1 Å². The monoisotopic (exact) mass is 482 g/mol. The third kappa shape index (κ3) is 2.99. The highest BCUT2D eigenvalue weighted by Gasteiger charge is 2.25. The van der Waals surface area contributed by atoms with Crippen LogP contribution in [0, 0.1) is 3.57 Å². The van der Waals surface area contributed by atoms with Gasteiger partial charge in [-0.05, 0) is 77.4 Å². The molecule has 0 N–H and O–H groups in total. The maximum absolute atomic E-state index is 6.13. The summed E-state index contributed by atoms with van der Waals surface area (Å²) in [6.07, 6.45) is 2.04. The van der Waals surface area contributed by atoms with Crippen LogP contribution in [0.3, 0.4) is 0 Å². The van der Waals surface area contributed by atoms with Crippen LogP contribution in [-0.4, -0.2) is 9.78 Å². The van der Waals surface area contributed by atoms with Crippen LogP contribution in [-0.2, 0) is 12.8 Å². The van der Waals surface area contributed by atoms with Crippen molar-refractivity contribution in [3.63, 3.8) is 0 Å². The van der Waals surface area contributed by atoms with Crippen molar-refractivity contribution < 1.29 is 0 Å². The van der Waals surface area contributed by atoms with Gasteiger partial charge in [0.05, 0.1) is 17.1 Å². The van der Waals surface area contributed by atoms with Gasteiger partial charge in [0.15, 0.2) is 0 Å². The summed E-state index contributed by atoms with van der Waals surface area (Å²) >= 11 is 8.47. The molecular formula is C23H16ClIN2. The number of hydrogen-bond donors (Lipinski definition) is 0. The van der Waals surface area contributed by atoms with E-state index in [1.54, 1.807) is 0 Å². The average Bonchev–Trinajstić information content (AvgIpc) is 3.09. The molecule has 0 fully saturated rings. The summed E-state index contributed by atoms with van der Waals surface area (Å²) in [7, 11) is 0. The van der Waals surface area contributed by atoms with Crippen molar-refractivity contribution in [1.29, 1.82) is 0 Å². The molecule has 0 saturated carbocycles. The quantitative estimate of drug-likeness (QED) is 0.296. The van der Waals surface area contributed by atoms with Crippen LogP contribution in [0.15, 0.2) is 72.8 Å². The molecule has 0 amide bonds. The lowest BCUT2D eigenvalue weighted by atomic mass is 9.88. The fourth-order valence-electron chi connectivity index (χ4n) is 3.81. The fraction of sp³-hybridized carbons (Fsp3) is 0.0870. The summed E-state index contributed by atoms with van der Waals surface area (Å²) in [6, 6.07) is 25.2. The maximum Gasteiger partial charge on any atom is 0.0969 e. The number of benzene rings is 3. The first-order valence-electron chi connectivity index (χ1n) is 8.93. The van der Waals surface area contributed by atoms with Crippen molar-refractivity contribution in [2.75, 3.05) is 0 Å². The van der Waals surface area contributed by atoms with Crippen molar-refractivity contribution in [3.8, 4) is 28.2 Å². The van der Waals surface area contributed by atoms with Gasteiger partial charge in [-0.3, -0.25) is 0 Å². The molecule has 4 heteroatoms. The molecular weight excluding hydrogens is 467 g/mol. The van der Waals surface area contributed by atoms with Gasteiger partial charge in [-0.1, -0.05) is 48.0 Å². The number of aryl methyl sites for hydroxylation is 1. The first kappa shape index (κ1) is 17.0. The fourth-order valence-corrected chi connectivity index (χ4v) is 4.29. The molecule has 0 aliphatic heterocycles. The van der Waals surface area contributed by atoms with Gasteiger partial charge >= 0.3 is 0 Å². The SMILES string of the molecule is Clc1ccc(-c2c3c(nn2-c2ccc(I)cc2)-c2ccccc2CC3)cc1. The molecule has 0 spiro atoms. The molecule has 0 saturated heterocycles. The standard InChI is InChI=1S/C23H16ClIN2/c24-17-8-5-16(6-9-17)23-21-14-7-15-3-1-2-4-20(15)22(21)26-27(23)19-12-10-18(25)11-13-19/h1-6,8-13H,7,14H2. The van der Waals surface area contributed by atoms with E-state index in [2.05, 4.69) is 87.9 Å². The molecule has 3 aromatic carbocycles. The first-order valence-corrected chi connectivity index (χ1v) is 10.4. The minimum absolute atomic E-state index is 0.748. The Balaban J connectivity index is 1.79. The lowest BCUT2D eigenvalue weighted by Gasteiger charge is -2.16. The Kier molecular flexibility index (Phi) is 4.29. The van der Waals surface area contributed by atoms with E-state index in [1.165, 1.54) is 20.3 Å². The van der Waals surface area contributed by atoms with Gasteiger partial charge < -0.3 is 0 Å². The van der Waals surface area contributed by atoms with Gasteiger partial charge in [0.1, 0.15) is 0 Å². The molecule has 5 rings (SSSR count). The van der Waals surface area contributed by atoms with Crippen LogP contribution in [0.4, 0.5) is 0 Å². The van der Waals surface area contributed by atoms with E-state index < -0.39 is 0 Å². The highest BCUT2D eigenvalue weighted by atomic mass is 127. The molecule has 0 bridgehead atoms. The zero-order chi connectivity index (χ0) is 18.4. The van der Waals surface area contributed by atoms with E-state index in [0.717, 1.165) is 40.5 Å². The van der Waals surface area contributed by atoms with Crippen molar-refractivity contribution in [3.05, 3.63) is 92.5 Å². The van der Waals surface area contributed by atoms with E-state index in [0.29, 0.717) is 0 Å². The van der Waals surface area contributed by atoms with Crippen LogP contribution >= 0.6 is 34.2 Å². The molecule has 1 aliphatic rings. The third-order valence-electron chi connectivity index (χ3n) is 5.09. The van der Waals surface area contributed by atoms with Crippen LogP contribution in [0.5, 0.6) is 0 Å². The Morgan fingerprint density at radius 2 is 1.59 bits per heavy atom. The second-order valence-corrected chi connectivity index (χ2v) is 8.41. The van der Waals surface area contributed by atoms with E-state index >= 15 is 0 Å². The second kappa shape index (κ2) is 6.80. The Hall–Kier alpha value is -2.11. The van der Waals surface area contributed by atoms with Crippen LogP contribution in [0.25, 0.3) is 28.2 Å².